The van der Waals surface area contributed by atoms with Gasteiger partial charge in [0.05, 0.1) is 5.60 Å². The molecule has 0 amide bonds. The Bertz CT molecular complexity index is 457. The topological polar surface area (TPSA) is 41.5 Å². The predicted molar refractivity (Wildman–Crippen MR) is 75.9 cm³/mol. The number of hydrogen-bond acceptors (Lipinski definition) is 3. The number of ether oxygens (including phenoxy) is 1. The van der Waals surface area contributed by atoms with E-state index in [1.165, 1.54) is 5.56 Å². The summed E-state index contributed by atoms with van der Waals surface area (Å²) in [6.45, 7) is 1.44. The summed E-state index contributed by atoms with van der Waals surface area (Å²) in [6.07, 6.45) is 5.16. The largest absolute Gasteiger partial charge is 0.488 e. The molecule has 1 aromatic carbocycles. The van der Waals surface area contributed by atoms with E-state index >= 15 is 0 Å². The van der Waals surface area contributed by atoms with E-state index in [2.05, 4.69) is 5.32 Å². The SMILES string of the molecule is OC1(CNCC2Cc3cc(Cl)ccc3O2)CCCC1. The summed E-state index contributed by atoms with van der Waals surface area (Å²) in [6, 6.07) is 5.76. The van der Waals surface area contributed by atoms with Gasteiger partial charge in [-0.15, -0.1) is 0 Å². The lowest BCUT2D eigenvalue weighted by Gasteiger charge is -2.23. The third-order valence-electron chi connectivity index (χ3n) is 4.12. The predicted octanol–water partition coefficient (Wildman–Crippen LogP) is 2.54. The van der Waals surface area contributed by atoms with Crippen LogP contribution >= 0.6 is 11.6 Å². The maximum absolute atomic E-state index is 10.3. The highest BCUT2D eigenvalue weighted by Gasteiger charge is 2.31. The standard InChI is InChI=1S/C15H20ClNO2/c16-12-3-4-14-11(7-12)8-13(19-14)9-17-10-15(18)5-1-2-6-15/h3-4,7,13,17-18H,1-2,5-6,8-10H2. The van der Waals surface area contributed by atoms with Crippen LogP contribution in [-0.4, -0.2) is 29.9 Å². The van der Waals surface area contributed by atoms with E-state index in [9.17, 15) is 5.11 Å². The molecule has 1 unspecified atom stereocenters. The van der Waals surface area contributed by atoms with Crippen LogP contribution in [0.2, 0.25) is 5.02 Å². The van der Waals surface area contributed by atoms with Crippen LogP contribution < -0.4 is 10.1 Å². The van der Waals surface area contributed by atoms with Gasteiger partial charge in [-0.2, -0.15) is 0 Å². The summed E-state index contributed by atoms with van der Waals surface area (Å²) >= 11 is 5.98. The average Bonchev–Trinajstić information content (AvgIpc) is 2.95. The Morgan fingerprint density at radius 2 is 2.16 bits per heavy atom. The van der Waals surface area contributed by atoms with Crippen LogP contribution in [0, 0.1) is 0 Å². The van der Waals surface area contributed by atoms with Gasteiger partial charge in [-0.1, -0.05) is 24.4 Å². The van der Waals surface area contributed by atoms with Crippen LogP contribution in [0.1, 0.15) is 31.2 Å². The van der Waals surface area contributed by atoms with Gasteiger partial charge in [-0.05, 0) is 36.6 Å². The Morgan fingerprint density at radius 3 is 2.95 bits per heavy atom. The third kappa shape index (κ3) is 3.04. The molecular formula is C15H20ClNO2. The summed E-state index contributed by atoms with van der Waals surface area (Å²) in [5.74, 6) is 0.941. The van der Waals surface area contributed by atoms with E-state index in [-0.39, 0.29) is 6.10 Å². The molecule has 19 heavy (non-hydrogen) atoms. The molecule has 0 saturated heterocycles. The van der Waals surface area contributed by atoms with Crippen molar-refractivity contribution in [3.63, 3.8) is 0 Å². The summed E-state index contributed by atoms with van der Waals surface area (Å²) in [4.78, 5) is 0. The van der Waals surface area contributed by atoms with Gasteiger partial charge >= 0.3 is 0 Å². The molecule has 0 spiro atoms. The molecule has 1 heterocycles. The Hall–Kier alpha value is -0.770. The first-order chi connectivity index (χ1) is 9.15. The quantitative estimate of drug-likeness (QED) is 0.891. The van der Waals surface area contributed by atoms with Crippen LogP contribution in [0.3, 0.4) is 0 Å². The Balaban J connectivity index is 1.48. The zero-order valence-electron chi connectivity index (χ0n) is 11.0. The second-order valence-electron chi connectivity index (χ2n) is 5.76. The van der Waals surface area contributed by atoms with E-state index in [1.807, 2.05) is 18.2 Å². The molecular weight excluding hydrogens is 262 g/mol. The minimum Gasteiger partial charge on any atom is -0.488 e. The van der Waals surface area contributed by atoms with Crippen molar-refractivity contribution < 1.29 is 9.84 Å². The molecule has 4 heteroatoms. The third-order valence-corrected chi connectivity index (χ3v) is 4.36. The molecule has 0 aromatic heterocycles. The first-order valence-electron chi connectivity index (χ1n) is 7.03. The fourth-order valence-electron chi connectivity index (χ4n) is 3.08. The molecule has 1 aromatic rings. The lowest BCUT2D eigenvalue weighted by molar-refractivity contribution is 0.0455. The van der Waals surface area contributed by atoms with Crippen molar-refractivity contribution in [3.05, 3.63) is 28.8 Å². The number of benzene rings is 1. The minimum absolute atomic E-state index is 0.151. The second-order valence-corrected chi connectivity index (χ2v) is 6.19. The van der Waals surface area contributed by atoms with Gasteiger partial charge in [0.15, 0.2) is 0 Å². The average molecular weight is 282 g/mol. The van der Waals surface area contributed by atoms with Gasteiger partial charge in [-0.3, -0.25) is 0 Å². The molecule has 3 rings (SSSR count). The zero-order valence-corrected chi connectivity index (χ0v) is 11.7. The fraction of sp³-hybridized carbons (Fsp3) is 0.600. The van der Waals surface area contributed by atoms with Crippen molar-refractivity contribution in [3.8, 4) is 5.75 Å². The zero-order chi connectivity index (χ0) is 13.3. The molecule has 1 saturated carbocycles. The van der Waals surface area contributed by atoms with Gasteiger partial charge in [0.1, 0.15) is 11.9 Å². The maximum atomic E-state index is 10.3. The smallest absolute Gasteiger partial charge is 0.123 e. The minimum atomic E-state index is -0.491. The van der Waals surface area contributed by atoms with Gasteiger partial charge in [0.25, 0.3) is 0 Å². The Morgan fingerprint density at radius 1 is 1.37 bits per heavy atom. The lowest BCUT2D eigenvalue weighted by Crippen LogP contribution is -2.41. The molecule has 3 nitrogen and oxygen atoms in total. The number of aliphatic hydroxyl groups is 1. The van der Waals surface area contributed by atoms with E-state index in [0.29, 0.717) is 6.54 Å². The fourth-order valence-corrected chi connectivity index (χ4v) is 3.27. The monoisotopic (exact) mass is 281 g/mol. The molecule has 0 bridgehead atoms. The molecule has 2 N–H and O–H groups in total. The number of hydrogen-bond donors (Lipinski definition) is 2. The van der Waals surface area contributed by atoms with E-state index < -0.39 is 5.60 Å². The van der Waals surface area contributed by atoms with Crippen molar-refractivity contribution in [1.82, 2.24) is 5.32 Å². The number of fused-ring (bicyclic) bond motifs is 1. The molecule has 2 aliphatic rings. The van der Waals surface area contributed by atoms with Gasteiger partial charge in [0.2, 0.25) is 0 Å². The Kier molecular flexibility index (Phi) is 3.70. The van der Waals surface area contributed by atoms with Crippen molar-refractivity contribution in [2.24, 2.45) is 0 Å². The normalized spacial score (nSPS) is 24.2. The molecule has 1 fully saturated rings. The van der Waals surface area contributed by atoms with Crippen LogP contribution in [-0.2, 0) is 6.42 Å². The Labute approximate surface area is 118 Å². The summed E-state index contributed by atoms with van der Waals surface area (Å²) in [5, 5.41) is 14.4. The van der Waals surface area contributed by atoms with E-state index in [1.54, 1.807) is 0 Å². The first kappa shape index (κ1) is 13.2. The maximum Gasteiger partial charge on any atom is 0.123 e. The molecule has 1 atom stereocenters. The highest BCUT2D eigenvalue weighted by molar-refractivity contribution is 6.30. The van der Waals surface area contributed by atoms with Crippen molar-refractivity contribution >= 4 is 11.6 Å². The molecule has 1 aliphatic heterocycles. The van der Waals surface area contributed by atoms with Gasteiger partial charge in [0, 0.05) is 24.5 Å². The lowest BCUT2D eigenvalue weighted by atomic mass is 10.0. The number of nitrogens with one attached hydrogen (secondary N) is 1. The molecule has 1 aliphatic carbocycles. The van der Waals surface area contributed by atoms with E-state index in [0.717, 1.165) is 49.4 Å². The summed E-state index contributed by atoms with van der Waals surface area (Å²) < 4.78 is 5.86. The van der Waals surface area contributed by atoms with Crippen molar-refractivity contribution in [2.75, 3.05) is 13.1 Å². The van der Waals surface area contributed by atoms with Crippen LogP contribution in [0.5, 0.6) is 5.75 Å². The highest BCUT2D eigenvalue weighted by Crippen LogP contribution is 2.31. The van der Waals surface area contributed by atoms with Gasteiger partial charge in [-0.25, -0.2) is 0 Å². The second kappa shape index (κ2) is 5.31. The van der Waals surface area contributed by atoms with Crippen LogP contribution in [0.15, 0.2) is 18.2 Å². The first-order valence-corrected chi connectivity index (χ1v) is 7.41. The van der Waals surface area contributed by atoms with Crippen molar-refractivity contribution in [1.29, 1.82) is 0 Å². The summed E-state index contributed by atoms with van der Waals surface area (Å²) in [7, 11) is 0. The number of halogens is 1. The summed E-state index contributed by atoms with van der Waals surface area (Å²) in [5.41, 5.74) is 0.688. The van der Waals surface area contributed by atoms with Gasteiger partial charge < -0.3 is 15.2 Å². The van der Waals surface area contributed by atoms with E-state index in [4.69, 9.17) is 16.3 Å². The van der Waals surface area contributed by atoms with Crippen molar-refractivity contribution in [2.45, 2.75) is 43.8 Å². The molecule has 104 valence electrons. The molecule has 0 radical (unpaired) electrons. The highest BCUT2D eigenvalue weighted by atomic mass is 35.5. The van der Waals surface area contributed by atoms with Crippen LogP contribution in [0.25, 0.3) is 0 Å². The van der Waals surface area contributed by atoms with Crippen LogP contribution in [0.4, 0.5) is 0 Å². The number of rotatable bonds is 4.